The molecular weight excluding hydrogens is 162 g/mol. The van der Waals surface area contributed by atoms with Crippen molar-refractivity contribution in [3.8, 4) is 6.07 Å². The van der Waals surface area contributed by atoms with Gasteiger partial charge in [-0.3, -0.25) is 4.79 Å². The Balaban J connectivity index is 2.29. The van der Waals surface area contributed by atoms with E-state index in [2.05, 4.69) is 12.1 Å². The van der Waals surface area contributed by atoms with E-state index >= 15 is 0 Å². The number of allylic oxidation sites excluding steroid dienone is 2. The van der Waals surface area contributed by atoms with Crippen molar-refractivity contribution in [1.82, 2.24) is 0 Å². The van der Waals surface area contributed by atoms with Crippen molar-refractivity contribution in [2.45, 2.75) is 44.9 Å². The molecule has 0 unspecified atom stereocenters. The van der Waals surface area contributed by atoms with E-state index in [0.717, 1.165) is 25.7 Å². The average Bonchev–Trinajstić information content (AvgIpc) is 2.32. The summed E-state index contributed by atoms with van der Waals surface area (Å²) >= 11 is 0. The number of nitriles is 1. The molecule has 1 aliphatic carbocycles. The summed E-state index contributed by atoms with van der Waals surface area (Å²) in [6.45, 7) is 0. The zero-order chi connectivity index (χ0) is 9.52. The second kappa shape index (κ2) is 5.53. The minimum atomic E-state index is 0.381. The molecule has 0 saturated heterocycles. The second-order valence-electron chi connectivity index (χ2n) is 3.45. The molecule has 0 aromatic heterocycles. The van der Waals surface area contributed by atoms with E-state index in [1.54, 1.807) is 0 Å². The molecule has 2 heteroatoms. The number of carbonyl (C=O) groups is 1. The molecule has 0 fully saturated rings. The average molecular weight is 177 g/mol. The van der Waals surface area contributed by atoms with E-state index in [9.17, 15) is 4.79 Å². The standard InChI is InChI=1S/C11H15NO/c12-9-2-1-4-10-5-3-6-11(13)8-7-10/h5H,1-4,6-8H2. The molecular formula is C11H15NO. The molecule has 0 aromatic carbocycles. The summed E-state index contributed by atoms with van der Waals surface area (Å²) in [6.07, 6.45) is 8.00. The lowest BCUT2D eigenvalue weighted by atomic mass is 10.0. The lowest BCUT2D eigenvalue weighted by Crippen LogP contribution is -1.93. The molecule has 1 aliphatic rings. The lowest BCUT2D eigenvalue weighted by molar-refractivity contribution is -0.118. The van der Waals surface area contributed by atoms with Gasteiger partial charge >= 0.3 is 0 Å². The maximum absolute atomic E-state index is 11.1. The van der Waals surface area contributed by atoms with Gasteiger partial charge in [-0.1, -0.05) is 11.6 Å². The number of ketones is 1. The molecule has 0 saturated carbocycles. The third-order valence-electron chi connectivity index (χ3n) is 2.37. The van der Waals surface area contributed by atoms with Crippen LogP contribution in [0.15, 0.2) is 11.6 Å². The van der Waals surface area contributed by atoms with Gasteiger partial charge in [-0.2, -0.15) is 5.26 Å². The highest BCUT2D eigenvalue weighted by Crippen LogP contribution is 2.19. The van der Waals surface area contributed by atoms with Crippen LogP contribution in [0.1, 0.15) is 44.9 Å². The van der Waals surface area contributed by atoms with Crippen molar-refractivity contribution >= 4 is 5.78 Å². The van der Waals surface area contributed by atoms with Crippen molar-refractivity contribution in [2.24, 2.45) is 0 Å². The van der Waals surface area contributed by atoms with Gasteiger partial charge in [-0.05, 0) is 25.7 Å². The topological polar surface area (TPSA) is 40.9 Å². The Hall–Kier alpha value is -1.10. The van der Waals surface area contributed by atoms with Crippen LogP contribution in [0, 0.1) is 11.3 Å². The zero-order valence-electron chi connectivity index (χ0n) is 7.88. The van der Waals surface area contributed by atoms with Gasteiger partial charge in [0, 0.05) is 19.3 Å². The van der Waals surface area contributed by atoms with Crippen molar-refractivity contribution in [3.63, 3.8) is 0 Å². The van der Waals surface area contributed by atoms with Crippen molar-refractivity contribution < 1.29 is 4.79 Å². The highest BCUT2D eigenvalue weighted by Gasteiger charge is 2.08. The maximum Gasteiger partial charge on any atom is 0.133 e. The fourth-order valence-electron chi connectivity index (χ4n) is 1.59. The molecule has 70 valence electrons. The van der Waals surface area contributed by atoms with E-state index in [1.807, 2.05) is 0 Å². The first-order valence-electron chi connectivity index (χ1n) is 4.89. The smallest absolute Gasteiger partial charge is 0.133 e. The fraction of sp³-hybridized carbons (Fsp3) is 0.636. The summed E-state index contributed by atoms with van der Waals surface area (Å²) in [5.74, 6) is 0.381. The number of hydrogen-bond donors (Lipinski definition) is 0. The Kier molecular flexibility index (Phi) is 4.25. The largest absolute Gasteiger partial charge is 0.300 e. The molecule has 2 nitrogen and oxygen atoms in total. The number of nitrogens with zero attached hydrogens (tertiary/aromatic N) is 1. The van der Waals surface area contributed by atoms with Crippen molar-refractivity contribution in [1.29, 1.82) is 5.26 Å². The maximum atomic E-state index is 11.1. The molecule has 0 radical (unpaired) electrons. The first kappa shape index (κ1) is 9.98. The van der Waals surface area contributed by atoms with Crippen molar-refractivity contribution in [3.05, 3.63) is 11.6 Å². The molecule has 1 rings (SSSR count). The molecule has 0 heterocycles. The van der Waals surface area contributed by atoms with E-state index in [1.165, 1.54) is 5.57 Å². The number of unbranched alkanes of at least 4 members (excludes halogenated alkanes) is 1. The minimum Gasteiger partial charge on any atom is -0.300 e. The Morgan fingerprint density at radius 3 is 3.00 bits per heavy atom. The number of hydrogen-bond acceptors (Lipinski definition) is 2. The van der Waals surface area contributed by atoms with Gasteiger partial charge < -0.3 is 0 Å². The van der Waals surface area contributed by atoms with E-state index < -0.39 is 0 Å². The number of rotatable bonds is 3. The van der Waals surface area contributed by atoms with Crippen LogP contribution in [0.4, 0.5) is 0 Å². The quantitative estimate of drug-likeness (QED) is 0.491. The van der Waals surface area contributed by atoms with Gasteiger partial charge in [0.1, 0.15) is 5.78 Å². The van der Waals surface area contributed by atoms with Crippen LogP contribution in [0.3, 0.4) is 0 Å². The molecule has 0 amide bonds. The number of carbonyl (C=O) groups excluding carboxylic acids is 1. The minimum absolute atomic E-state index is 0.381. The van der Waals surface area contributed by atoms with Crippen LogP contribution in [-0.2, 0) is 4.79 Å². The predicted molar refractivity (Wildman–Crippen MR) is 51.0 cm³/mol. The third-order valence-corrected chi connectivity index (χ3v) is 2.37. The summed E-state index contributed by atoms with van der Waals surface area (Å²) in [4.78, 5) is 11.1. The van der Waals surface area contributed by atoms with Gasteiger partial charge in [0.15, 0.2) is 0 Å². The van der Waals surface area contributed by atoms with Crippen LogP contribution in [0.5, 0.6) is 0 Å². The van der Waals surface area contributed by atoms with Crippen molar-refractivity contribution in [2.75, 3.05) is 0 Å². The zero-order valence-corrected chi connectivity index (χ0v) is 7.88. The summed E-state index contributed by atoms with van der Waals surface area (Å²) in [5.41, 5.74) is 1.38. The van der Waals surface area contributed by atoms with Gasteiger partial charge in [-0.15, -0.1) is 0 Å². The predicted octanol–water partition coefficient (Wildman–Crippen LogP) is 2.75. The highest BCUT2D eigenvalue weighted by molar-refractivity contribution is 5.79. The molecule has 0 N–H and O–H groups in total. The first-order chi connectivity index (χ1) is 6.33. The highest BCUT2D eigenvalue weighted by atomic mass is 16.1. The Labute approximate surface area is 79.2 Å². The van der Waals surface area contributed by atoms with E-state index in [0.29, 0.717) is 25.0 Å². The summed E-state index contributed by atoms with van der Waals surface area (Å²) in [5, 5.41) is 8.37. The van der Waals surface area contributed by atoms with Crippen LogP contribution >= 0.6 is 0 Å². The Morgan fingerprint density at radius 2 is 2.23 bits per heavy atom. The van der Waals surface area contributed by atoms with E-state index in [-0.39, 0.29) is 0 Å². The summed E-state index contributed by atoms with van der Waals surface area (Å²) < 4.78 is 0. The SMILES string of the molecule is N#CCCCC1=CCCC(=O)CC1. The van der Waals surface area contributed by atoms with Crippen LogP contribution in [0.25, 0.3) is 0 Å². The molecule has 0 atom stereocenters. The third kappa shape index (κ3) is 3.89. The Bertz CT molecular complexity index is 247. The van der Waals surface area contributed by atoms with Gasteiger partial charge in [0.25, 0.3) is 0 Å². The van der Waals surface area contributed by atoms with Crippen LogP contribution in [0.2, 0.25) is 0 Å². The normalized spacial score (nSPS) is 17.5. The summed E-state index contributed by atoms with van der Waals surface area (Å²) in [7, 11) is 0. The number of Topliss-reactive ketones (excluding diaryl/α,β-unsaturated/α-hetero) is 1. The monoisotopic (exact) mass is 177 g/mol. The first-order valence-corrected chi connectivity index (χ1v) is 4.89. The second-order valence-corrected chi connectivity index (χ2v) is 3.45. The van der Waals surface area contributed by atoms with Crippen LogP contribution < -0.4 is 0 Å². The molecule has 0 bridgehead atoms. The molecule has 0 aliphatic heterocycles. The molecule has 0 aromatic rings. The lowest BCUT2D eigenvalue weighted by Gasteiger charge is -2.01. The molecule has 13 heavy (non-hydrogen) atoms. The van der Waals surface area contributed by atoms with Crippen LogP contribution in [-0.4, -0.2) is 5.78 Å². The van der Waals surface area contributed by atoms with Gasteiger partial charge in [0.2, 0.25) is 0 Å². The van der Waals surface area contributed by atoms with Gasteiger partial charge in [-0.25, -0.2) is 0 Å². The Morgan fingerprint density at radius 1 is 1.38 bits per heavy atom. The summed E-state index contributed by atoms with van der Waals surface area (Å²) in [6, 6.07) is 2.14. The van der Waals surface area contributed by atoms with E-state index in [4.69, 9.17) is 5.26 Å². The fourth-order valence-corrected chi connectivity index (χ4v) is 1.59. The molecule has 0 spiro atoms. The van der Waals surface area contributed by atoms with Gasteiger partial charge in [0.05, 0.1) is 6.07 Å².